The molecule has 0 saturated heterocycles. The smallest absolute Gasteiger partial charge is 0.338 e. The van der Waals surface area contributed by atoms with E-state index < -0.39 is 15.9 Å². The molecule has 1 atom stereocenters. The number of carbonyl (C=O) groups excluding carboxylic acids is 2. The van der Waals surface area contributed by atoms with Gasteiger partial charge in [-0.05, 0) is 49.3 Å². The van der Waals surface area contributed by atoms with E-state index in [0.29, 0.717) is 17.9 Å². The van der Waals surface area contributed by atoms with Crippen LogP contribution in [0.1, 0.15) is 37.6 Å². The zero-order valence-electron chi connectivity index (χ0n) is 15.1. The summed E-state index contributed by atoms with van der Waals surface area (Å²) in [5.41, 5.74) is 1.03. The molecular weight excluding hydrogens is 433 g/mol. The Hall–Kier alpha value is -1.28. The number of rotatable bonds is 7. The molecule has 3 N–H and O–H groups in total. The van der Waals surface area contributed by atoms with E-state index in [1.807, 2.05) is 13.8 Å². The van der Waals surface area contributed by atoms with Crippen molar-refractivity contribution in [1.82, 2.24) is 10.6 Å². The number of esters is 1. The molecule has 27 heavy (non-hydrogen) atoms. The molecule has 6 nitrogen and oxygen atoms in total. The Morgan fingerprint density at radius 2 is 1.74 bits per heavy atom. The normalized spacial score (nSPS) is 12.3. The maximum Gasteiger partial charge on any atom is 0.338 e. The van der Waals surface area contributed by atoms with Gasteiger partial charge >= 0.3 is 5.97 Å². The monoisotopic (exact) mass is 453 g/mol. The lowest BCUT2D eigenvalue weighted by Gasteiger charge is -2.28. The van der Waals surface area contributed by atoms with Crippen molar-refractivity contribution in [2.24, 2.45) is 5.92 Å². The Morgan fingerprint density at radius 1 is 1.15 bits per heavy atom. The third kappa shape index (κ3) is 8.97. The highest BCUT2D eigenvalue weighted by atomic mass is 35.6. The molecule has 0 aliphatic rings. The molecule has 0 heterocycles. The number of thiocarbonyl (C=S) groups is 1. The first-order valence-corrected chi connectivity index (χ1v) is 9.78. The standard InChI is InChI=1S/C17H22Cl3N3O3S/c1-4-26-14(25)11-5-7-12(8-6-11)21-16(27)23-15(17(18,19)20)22-13(24)9-10(2)3/h5-8,10,15H,4,9H2,1-3H3,(H,22,24)(H2,21,23,27)/t15-/m0/s1. The van der Waals surface area contributed by atoms with Crippen LogP contribution in [-0.2, 0) is 9.53 Å². The third-order valence-corrected chi connectivity index (χ3v) is 4.03. The molecule has 10 heteroatoms. The van der Waals surface area contributed by atoms with E-state index in [9.17, 15) is 9.59 Å². The van der Waals surface area contributed by atoms with Crippen LogP contribution >= 0.6 is 47.0 Å². The number of halogens is 3. The largest absolute Gasteiger partial charge is 0.462 e. The van der Waals surface area contributed by atoms with Gasteiger partial charge in [-0.15, -0.1) is 0 Å². The van der Waals surface area contributed by atoms with Crippen LogP contribution in [-0.4, -0.2) is 33.6 Å². The summed E-state index contributed by atoms with van der Waals surface area (Å²) in [4.78, 5) is 23.6. The minimum Gasteiger partial charge on any atom is -0.462 e. The number of nitrogens with one attached hydrogen (secondary N) is 3. The van der Waals surface area contributed by atoms with E-state index in [2.05, 4.69) is 16.0 Å². The Morgan fingerprint density at radius 3 is 2.22 bits per heavy atom. The second-order valence-corrected chi connectivity index (χ2v) is 8.81. The van der Waals surface area contributed by atoms with Gasteiger partial charge < -0.3 is 20.7 Å². The summed E-state index contributed by atoms with van der Waals surface area (Å²) < 4.78 is 3.11. The number of ether oxygens (including phenoxy) is 1. The van der Waals surface area contributed by atoms with Crippen LogP contribution in [0.25, 0.3) is 0 Å². The fraction of sp³-hybridized carbons (Fsp3) is 0.471. The average molecular weight is 455 g/mol. The topological polar surface area (TPSA) is 79.5 Å². The Bertz CT molecular complexity index is 664. The Balaban J connectivity index is 2.71. The van der Waals surface area contributed by atoms with Gasteiger partial charge in [-0.2, -0.15) is 0 Å². The number of carbonyl (C=O) groups is 2. The molecule has 1 rings (SSSR count). The van der Waals surface area contributed by atoms with Gasteiger partial charge in [0, 0.05) is 12.1 Å². The van der Waals surface area contributed by atoms with Crippen molar-refractivity contribution < 1.29 is 14.3 Å². The molecule has 0 saturated carbocycles. The molecule has 1 aromatic rings. The number of alkyl halides is 3. The van der Waals surface area contributed by atoms with Gasteiger partial charge in [0.25, 0.3) is 0 Å². The first kappa shape index (κ1) is 23.8. The zero-order chi connectivity index (χ0) is 20.6. The maximum atomic E-state index is 12.0. The summed E-state index contributed by atoms with van der Waals surface area (Å²) >= 11 is 23.0. The van der Waals surface area contributed by atoms with Crippen molar-refractivity contribution in [2.75, 3.05) is 11.9 Å². The summed E-state index contributed by atoms with van der Waals surface area (Å²) in [7, 11) is 0. The number of hydrogen-bond acceptors (Lipinski definition) is 4. The lowest BCUT2D eigenvalue weighted by atomic mass is 10.1. The van der Waals surface area contributed by atoms with Gasteiger partial charge in [-0.1, -0.05) is 48.7 Å². The summed E-state index contributed by atoms with van der Waals surface area (Å²) in [6, 6.07) is 6.50. The second kappa shape index (κ2) is 10.9. The Kier molecular flexibility index (Phi) is 9.59. The molecule has 0 aromatic heterocycles. The first-order chi connectivity index (χ1) is 12.5. The lowest BCUT2D eigenvalue weighted by molar-refractivity contribution is -0.122. The van der Waals surface area contributed by atoms with Crippen LogP contribution in [0.5, 0.6) is 0 Å². The highest BCUT2D eigenvalue weighted by Gasteiger charge is 2.34. The van der Waals surface area contributed by atoms with Gasteiger partial charge in [0.05, 0.1) is 12.2 Å². The van der Waals surface area contributed by atoms with Gasteiger partial charge in [-0.25, -0.2) is 4.79 Å². The molecule has 1 aromatic carbocycles. The van der Waals surface area contributed by atoms with Crippen molar-refractivity contribution in [1.29, 1.82) is 0 Å². The zero-order valence-corrected chi connectivity index (χ0v) is 18.2. The molecule has 0 radical (unpaired) electrons. The number of hydrogen-bond donors (Lipinski definition) is 3. The average Bonchev–Trinajstić information content (AvgIpc) is 2.53. The molecule has 0 fully saturated rings. The van der Waals surface area contributed by atoms with Gasteiger partial charge in [0.15, 0.2) is 5.11 Å². The highest BCUT2D eigenvalue weighted by molar-refractivity contribution is 7.80. The fourth-order valence-corrected chi connectivity index (χ4v) is 2.56. The number of anilines is 1. The van der Waals surface area contributed by atoms with Crippen LogP contribution in [0.2, 0.25) is 0 Å². The van der Waals surface area contributed by atoms with Crippen LogP contribution in [0, 0.1) is 5.92 Å². The minimum atomic E-state index is -1.81. The van der Waals surface area contributed by atoms with Crippen LogP contribution in [0.4, 0.5) is 5.69 Å². The predicted octanol–water partition coefficient (Wildman–Crippen LogP) is 4.01. The van der Waals surface area contributed by atoms with E-state index in [1.165, 1.54) is 0 Å². The van der Waals surface area contributed by atoms with Crippen LogP contribution in [0.3, 0.4) is 0 Å². The van der Waals surface area contributed by atoms with E-state index in [0.717, 1.165) is 0 Å². The van der Waals surface area contributed by atoms with Crippen molar-refractivity contribution in [3.63, 3.8) is 0 Å². The van der Waals surface area contributed by atoms with Gasteiger partial charge in [0.2, 0.25) is 9.70 Å². The first-order valence-electron chi connectivity index (χ1n) is 8.23. The fourth-order valence-electron chi connectivity index (χ4n) is 1.99. The molecule has 1 amide bonds. The second-order valence-electron chi connectivity index (χ2n) is 6.04. The number of amides is 1. The molecule has 0 spiro atoms. The van der Waals surface area contributed by atoms with E-state index in [1.54, 1.807) is 31.2 Å². The van der Waals surface area contributed by atoms with Crippen molar-refractivity contribution in [3.8, 4) is 0 Å². The van der Waals surface area contributed by atoms with Crippen molar-refractivity contribution in [2.45, 2.75) is 37.2 Å². The van der Waals surface area contributed by atoms with E-state index in [4.69, 9.17) is 51.8 Å². The third-order valence-electron chi connectivity index (χ3n) is 3.16. The highest BCUT2D eigenvalue weighted by Crippen LogP contribution is 2.29. The van der Waals surface area contributed by atoms with E-state index in [-0.39, 0.29) is 23.4 Å². The molecule has 0 aliphatic heterocycles. The van der Waals surface area contributed by atoms with E-state index >= 15 is 0 Å². The molecule has 0 bridgehead atoms. The molecule has 0 unspecified atom stereocenters. The summed E-state index contributed by atoms with van der Waals surface area (Å²) in [6.45, 7) is 5.85. The van der Waals surface area contributed by atoms with Crippen LogP contribution in [0.15, 0.2) is 24.3 Å². The molecule has 150 valence electrons. The maximum absolute atomic E-state index is 12.0. The van der Waals surface area contributed by atoms with Gasteiger partial charge in [-0.3, -0.25) is 4.79 Å². The van der Waals surface area contributed by atoms with Gasteiger partial charge in [0.1, 0.15) is 6.17 Å². The Labute approximate surface area is 179 Å². The number of benzene rings is 1. The minimum absolute atomic E-state index is 0.139. The SMILES string of the molecule is CCOC(=O)c1ccc(NC(=S)N[C@H](NC(=O)CC(C)C)C(Cl)(Cl)Cl)cc1. The molecule has 0 aliphatic carbocycles. The predicted molar refractivity (Wildman–Crippen MR) is 113 cm³/mol. The summed E-state index contributed by atoms with van der Waals surface area (Å²) in [6.07, 6.45) is -0.735. The summed E-state index contributed by atoms with van der Waals surface area (Å²) in [5, 5.41) is 8.41. The lowest BCUT2D eigenvalue weighted by Crippen LogP contribution is -2.56. The molecular formula is C17H22Cl3N3O3S. The van der Waals surface area contributed by atoms with Crippen molar-refractivity contribution in [3.05, 3.63) is 29.8 Å². The van der Waals surface area contributed by atoms with Crippen molar-refractivity contribution >= 4 is 69.7 Å². The summed E-state index contributed by atoms with van der Waals surface area (Å²) in [5.74, 6) is -0.520. The van der Waals surface area contributed by atoms with Crippen LogP contribution < -0.4 is 16.0 Å². The quantitative estimate of drug-likeness (QED) is 0.250.